The summed E-state index contributed by atoms with van der Waals surface area (Å²) < 4.78 is 28.9. The first kappa shape index (κ1) is 22.6. The van der Waals surface area contributed by atoms with E-state index < -0.39 is 16.1 Å². The van der Waals surface area contributed by atoms with E-state index in [9.17, 15) is 13.2 Å². The van der Waals surface area contributed by atoms with Gasteiger partial charge in [0.1, 0.15) is 6.04 Å². The van der Waals surface area contributed by atoms with Gasteiger partial charge in [0.05, 0.1) is 15.1 Å². The number of sulfonamides is 1. The van der Waals surface area contributed by atoms with Gasteiger partial charge in [-0.15, -0.1) is 0 Å². The molecule has 2 aliphatic heterocycles. The van der Waals surface area contributed by atoms with Crippen LogP contribution in [0.3, 0.4) is 0 Å². The van der Waals surface area contributed by atoms with Crippen LogP contribution < -0.4 is 4.90 Å². The molecule has 5 rings (SSSR count). The molecule has 2 fully saturated rings. The summed E-state index contributed by atoms with van der Waals surface area (Å²) in [5.74, 6) is -0.107. The van der Waals surface area contributed by atoms with Gasteiger partial charge in [-0.3, -0.25) is 4.79 Å². The van der Waals surface area contributed by atoms with E-state index in [-0.39, 0.29) is 10.8 Å². The summed E-state index contributed by atoms with van der Waals surface area (Å²) in [4.78, 5) is 22.3. The number of hydrogen-bond acceptors (Lipinski definition) is 6. The zero-order valence-electron chi connectivity index (χ0n) is 18.3. The van der Waals surface area contributed by atoms with Crippen molar-refractivity contribution < 1.29 is 13.2 Å². The summed E-state index contributed by atoms with van der Waals surface area (Å²) in [5.41, 5.74) is 2.19. The van der Waals surface area contributed by atoms with Gasteiger partial charge in [-0.05, 0) is 55.7 Å². The summed E-state index contributed by atoms with van der Waals surface area (Å²) in [7, 11) is -3.75. The SMILES string of the molecule is Cc1cccc2sc(N3CCN(C(=O)C4CCCN4S(=O)(=O)c4ccc(Cl)cc4)CC3)nc12. The normalized spacial score (nSPS) is 20.0. The number of amides is 1. The van der Waals surface area contributed by atoms with Crippen LogP contribution in [0.2, 0.25) is 5.02 Å². The molecule has 174 valence electrons. The van der Waals surface area contributed by atoms with E-state index in [4.69, 9.17) is 16.6 Å². The topological polar surface area (TPSA) is 73.8 Å². The van der Waals surface area contributed by atoms with Gasteiger partial charge in [-0.2, -0.15) is 4.31 Å². The van der Waals surface area contributed by atoms with Crippen molar-refractivity contribution in [3.8, 4) is 0 Å². The number of fused-ring (bicyclic) bond motifs is 1. The summed E-state index contributed by atoms with van der Waals surface area (Å²) in [6, 6.07) is 11.6. The second-order valence-electron chi connectivity index (χ2n) is 8.46. The maximum absolute atomic E-state index is 13.3. The number of piperazine rings is 1. The highest BCUT2D eigenvalue weighted by atomic mass is 35.5. The molecule has 1 amide bonds. The molecular weight excluding hydrogens is 480 g/mol. The Morgan fingerprint density at radius 1 is 1.06 bits per heavy atom. The number of hydrogen-bond donors (Lipinski definition) is 0. The van der Waals surface area contributed by atoms with Crippen molar-refractivity contribution in [1.82, 2.24) is 14.2 Å². The van der Waals surface area contributed by atoms with Gasteiger partial charge in [-0.1, -0.05) is 35.1 Å². The third-order valence-electron chi connectivity index (χ3n) is 6.38. The minimum absolute atomic E-state index is 0.107. The minimum Gasteiger partial charge on any atom is -0.345 e. The van der Waals surface area contributed by atoms with Crippen LogP contribution in [0.25, 0.3) is 10.2 Å². The zero-order valence-corrected chi connectivity index (χ0v) is 20.7. The summed E-state index contributed by atoms with van der Waals surface area (Å²) in [6.45, 7) is 4.89. The van der Waals surface area contributed by atoms with Gasteiger partial charge in [0.25, 0.3) is 0 Å². The molecule has 2 aromatic carbocycles. The van der Waals surface area contributed by atoms with Crippen LogP contribution in [0.15, 0.2) is 47.4 Å². The van der Waals surface area contributed by atoms with Gasteiger partial charge >= 0.3 is 0 Å². The van der Waals surface area contributed by atoms with Crippen molar-refractivity contribution in [2.45, 2.75) is 30.7 Å². The maximum atomic E-state index is 13.3. The zero-order chi connectivity index (χ0) is 23.2. The van der Waals surface area contributed by atoms with Gasteiger partial charge < -0.3 is 9.80 Å². The first-order valence-corrected chi connectivity index (χ1v) is 13.7. The standard InChI is InChI=1S/C23H25ClN4O3S2/c1-16-4-2-6-20-21(16)25-23(32-20)27-14-12-26(13-15-27)22(29)19-5-3-11-28(19)33(30,31)18-9-7-17(24)8-10-18/h2,4,6-10,19H,3,5,11-15H2,1H3. The number of aromatic nitrogens is 1. The number of rotatable bonds is 4. The van der Waals surface area contributed by atoms with E-state index in [1.165, 1.54) is 16.4 Å². The molecule has 33 heavy (non-hydrogen) atoms. The highest BCUT2D eigenvalue weighted by Crippen LogP contribution is 2.32. The molecule has 2 saturated heterocycles. The van der Waals surface area contributed by atoms with Crippen LogP contribution in [-0.2, 0) is 14.8 Å². The third kappa shape index (κ3) is 4.23. The second kappa shape index (κ2) is 8.87. The van der Waals surface area contributed by atoms with Crippen LogP contribution >= 0.6 is 22.9 Å². The molecule has 3 aromatic rings. The second-order valence-corrected chi connectivity index (χ2v) is 11.8. The van der Waals surface area contributed by atoms with Gasteiger partial charge in [0, 0.05) is 37.7 Å². The van der Waals surface area contributed by atoms with E-state index in [1.54, 1.807) is 28.4 Å². The summed E-state index contributed by atoms with van der Waals surface area (Å²) in [6.07, 6.45) is 1.22. The van der Waals surface area contributed by atoms with E-state index in [1.807, 2.05) is 6.07 Å². The molecular formula is C23H25ClN4O3S2. The molecule has 7 nitrogen and oxygen atoms in total. The molecule has 0 radical (unpaired) electrons. The lowest BCUT2D eigenvalue weighted by molar-refractivity contribution is -0.134. The van der Waals surface area contributed by atoms with Crippen LogP contribution in [0.1, 0.15) is 18.4 Å². The average molecular weight is 505 g/mol. The lowest BCUT2D eigenvalue weighted by Gasteiger charge is -2.37. The lowest BCUT2D eigenvalue weighted by Crippen LogP contribution is -2.54. The van der Waals surface area contributed by atoms with Crippen LogP contribution in [0.4, 0.5) is 5.13 Å². The molecule has 0 aliphatic carbocycles. The molecule has 0 N–H and O–H groups in total. The molecule has 10 heteroatoms. The highest BCUT2D eigenvalue weighted by molar-refractivity contribution is 7.89. The highest BCUT2D eigenvalue weighted by Gasteiger charge is 2.41. The number of halogens is 1. The molecule has 0 spiro atoms. The maximum Gasteiger partial charge on any atom is 0.243 e. The predicted molar refractivity (Wildman–Crippen MR) is 132 cm³/mol. The molecule has 1 aromatic heterocycles. The molecule has 2 aliphatic rings. The Bertz CT molecular complexity index is 1280. The monoisotopic (exact) mass is 504 g/mol. The fourth-order valence-electron chi connectivity index (χ4n) is 4.56. The lowest BCUT2D eigenvalue weighted by atomic mass is 10.2. The third-order valence-corrected chi connectivity index (χ3v) is 9.64. The number of anilines is 1. The Morgan fingerprint density at radius 2 is 1.79 bits per heavy atom. The van der Waals surface area contributed by atoms with E-state index >= 15 is 0 Å². The Hall–Kier alpha value is -2.20. The number of benzene rings is 2. The Morgan fingerprint density at radius 3 is 2.48 bits per heavy atom. The number of carbonyl (C=O) groups excluding carboxylic acids is 1. The van der Waals surface area contributed by atoms with Crippen LogP contribution in [0, 0.1) is 6.92 Å². The molecule has 0 saturated carbocycles. The van der Waals surface area contributed by atoms with E-state index in [2.05, 4.69) is 24.0 Å². The average Bonchev–Trinajstić information content (AvgIpc) is 3.48. The van der Waals surface area contributed by atoms with Crippen molar-refractivity contribution >= 4 is 54.2 Å². The fraction of sp³-hybridized carbons (Fsp3) is 0.391. The Balaban J connectivity index is 1.28. The van der Waals surface area contributed by atoms with Gasteiger partial charge in [0.2, 0.25) is 15.9 Å². The smallest absolute Gasteiger partial charge is 0.243 e. The van der Waals surface area contributed by atoms with Crippen molar-refractivity contribution in [2.75, 3.05) is 37.6 Å². The van der Waals surface area contributed by atoms with Crippen molar-refractivity contribution in [3.05, 3.63) is 53.1 Å². The fourth-order valence-corrected chi connectivity index (χ4v) is 7.43. The summed E-state index contributed by atoms with van der Waals surface area (Å²) >= 11 is 7.58. The van der Waals surface area contributed by atoms with Gasteiger partial charge in [-0.25, -0.2) is 13.4 Å². The Labute approximate surface area is 202 Å². The molecule has 1 atom stereocenters. The molecule has 3 heterocycles. The van der Waals surface area contributed by atoms with Crippen molar-refractivity contribution in [2.24, 2.45) is 0 Å². The number of aryl methyl sites for hydroxylation is 1. The van der Waals surface area contributed by atoms with Gasteiger partial charge in [0.15, 0.2) is 5.13 Å². The first-order chi connectivity index (χ1) is 15.8. The Kier molecular flexibility index (Phi) is 6.07. The first-order valence-electron chi connectivity index (χ1n) is 11.0. The molecule has 1 unspecified atom stereocenters. The van der Waals surface area contributed by atoms with Crippen LogP contribution in [0.5, 0.6) is 0 Å². The summed E-state index contributed by atoms with van der Waals surface area (Å²) in [5, 5.41) is 1.45. The van der Waals surface area contributed by atoms with E-state index in [0.717, 1.165) is 20.9 Å². The predicted octanol–water partition coefficient (Wildman–Crippen LogP) is 3.76. The van der Waals surface area contributed by atoms with Crippen molar-refractivity contribution in [3.63, 3.8) is 0 Å². The van der Waals surface area contributed by atoms with Crippen molar-refractivity contribution in [1.29, 1.82) is 0 Å². The number of thiazole rings is 1. The number of carbonyl (C=O) groups is 1. The minimum atomic E-state index is -3.75. The van der Waals surface area contributed by atoms with E-state index in [0.29, 0.717) is 50.6 Å². The van der Waals surface area contributed by atoms with Crippen LogP contribution in [-0.4, -0.2) is 67.3 Å². The molecule has 0 bridgehead atoms. The quantitative estimate of drug-likeness (QED) is 0.541. The number of nitrogens with zero attached hydrogens (tertiary/aromatic N) is 4. The number of para-hydroxylation sites is 1. The largest absolute Gasteiger partial charge is 0.345 e.